The minimum absolute atomic E-state index is 0.00751. The van der Waals surface area contributed by atoms with E-state index < -0.39 is 0 Å². The highest BCUT2D eigenvalue weighted by molar-refractivity contribution is 9.10. The first-order valence-corrected chi connectivity index (χ1v) is 8.24. The Labute approximate surface area is 139 Å². The van der Waals surface area contributed by atoms with Gasteiger partial charge in [-0.1, -0.05) is 24.3 Å². The lowest BCUT2D eigenvalue weighted by Crippen LogP contribution is -2.37. The molecule has 0 aromatic heterocycles. The first-order chi connectivity index (χ1) is 10.5. The minimum Gasteiger partial charge on any atom is -0.359 e. The monoisotopic (exact) mass is 358 g/mol. The predicted octanol–water partition coefficient (Wildman–Crippen LogP) is 4.15. The van der Waals surface area contributed by atoms with Crippen LogP contribution < -0.4 is 10.2 Å². The Balaban J connectivity index is 1.72. The third kappa shape index (κ3) is 3.02. The molecule has 2 aromatic carbocycles. The zero-order valence-electron chi connectivity index (χ0n) is 12.8. The Morgan fingerprint density at radius 1 is 1.32 bits per heavy atom. The smallest absolute Gasteiger partial charge is 0.243 e. The molecule has 1 aliphatic heterocycles. The Hall–Kier alpha value is -1.81. The van der Waals surface area contributed by atoms with Crippen LogP contribution in [0.3, 0.4) is 0 Å². The van der Waals surface area contributed by atoms with Crippen LogP contribution in [-0.4, -0.2) is 18.5 Å². The van der Waals surface area contributed by atoms with Gasteiger partial charge < -0.3 is 10.2 Å². The Bertz CT molecular complexity index is 714. The summed E-state index contributed by atoms with van der Waals surface area (Å²) in [7, 11) is 0. The number of halogens is 1. The minimum atomic E-state index is 0.00751. The molecule has 0 saturated carbocycles. The zero-order chi connectivity index (χ0) is 15.7. The molecule has 0 fully saturated rings. The fourth-order valence-electron chi connectivity index (χ4n) is 2.94. The standard InChI is InChI=1S/C18H19BrN2O/c1-12-7-8-16(15(19)9-12)20-18(22)11-21-13(2)10-14-5-3-4-6-17(14)21/h3-9,13H,10-11H2,1-2H3,(H,20,22). The van der Waals surface area contributed by atoms with E-state index in [0.717, 1.165) is 22.1 Å². The van der Waals surface area contributed by atoms with Gasteiger partial charge in [-0.25, -0.2) is 0 Å². The molecule has 2 aromatic rings. The number of nitrogens with zero attached hydrogens (tertiary/aromatic N) is 1. The molecule has 0 bridgehead atoms. The van der Waals surface area contributed by atoms with Gasteiger partial charge in [0.15, 0.2) is 0 Å². The normalized spacial score (nSPS) is 16.5. The molecular formula is C18H19BrN2O. The average Bonchev–Trinajstić information content (AvgIpc) is 2.78. The molecule has 1 unspecified atom stereocenters. The van der Waals surface area contributed by atoms with Gasteiger partial charge in [-0.05, 0) is 65.5 Å². The van der Waals surface area contributed by atoms with Crippen molar-refractivity contribution in [3.05, 3.63) is 58.1 Å². The highest BCUT2D eigenvalue weighted by Crippen LogP contribution is 2.31. The van der Waals surface area contributed by atoms with Crippen molar-refractivity contribution in [1.82, 2.24) is 0 Å². The number of benzene rings is 2. The Kier molecular flexibility index (Phi) is 4.21. The highest BCUT2D eigenvalue weighted by atomic mass is 79.9. The molecule has 22 heavy (non-hydrogen) atoms. The summed E-state index contributed by atoms with van der Waals surface area (Å²) in [5.74, 6) is 0.00751. The number of para-hydroxylation sites is 1. The van der Waals surface area contributed by atoms with E-state index in [4.69, 9.17) is 0 Å². The number of amides is 1. The molecule has 114 valence electrons. The third-order valence-electron chi connectivity index (χ3n) is 4.06. The first-order valence-electron chi connectivity index (χ1n) is 7.45. The summed E-state index contributed by atoms with van der Waals surface area (Å²) in [5.41, 5.74) is 4.47. The number of nitrogens with one attached hydrogen (secondary N) is 1. The van der Waals surface area contributed by atoms with Crippen LogP contribution in [0.1, 0.15) is 18.1 Å². The van der Waals surface area contributed by atoms with Gasteiger partial charge in [-0.2, -0.15) is 0 Å². The number of hydrogen-bond donors (Lipinski definition) is 1. The Morgan fingerprint density at radius 3 is 2.86 bits per heavy atom. The second-order valence-electron chi connectivity index (χ2n) is 5.84. The van der Waals surface area contributed by atoms with Crippen LogP contribution in [0, 0.1) is 6.92 Å². The van der Waals surface area contributed by atoms with Crippen LogP contribution in [0.4, 0.5) is 11.4 Å². The molecule has 1 atom stereocenters. The van der Waals surface area contributed by atoms with Crippen molar-refractivity contribution < 1.29 is 4.79 Å². The van der Waals surface area contributed by atoms with E-state index in [2.05, 4.69) is 51.3 Å². The van der Waals surface area contributed by atoms with Crippen molar-refractivity contribution >= 4 is 33.2 Å². The van der Waals surface area contributed by atoms with E-state index in [1.165, 1.54) is 11.3 Å². The number of rotatable bonds is 3. The summed E-state index contributed by atoms with van der Waals surface area (Å²) >= 11 is 3.50. The van der Waals surface area contributed by atoms with E-state index in [1.54, 1.807) is 0 Å². The number of carbonyl (C=O) groups excluding carboxylic acids is 1. The molecule has 0 spiro atoms. The maximum absolute atomic E-state index is 12.4. The van der Waals surface area contributed by atoms with Gasteiger partial charge in [0.2, 0.25) is 5.91 Å². The largest absolute Gasteiger partial charge is 0.359 e. The number of carbonyl (C=O) groups is 1. The highest BCUT2D eigenvalue weighted by Gasteiger charge is 2.27. The Morgan fingerprint density at radius 2 is 2.09 bits per heavy atom. The van der Waals surface area contributed by atoms with Crippen molar-refractivity contribution in [2.24, 2.45) is 0 Å². The van der Waals surface area contributed by atoms with Crippen LogP contribution in [0.2, 0.25) is 0 Å². The van der Waals surface area contributed by atoms with Crippen LogP contribution in [-0.2, 0) is 11.2 Å². The van der Waals surface area contributed by atoms with Gasteiger partial charge in [0.1, 0.15) is 0 Å². The molecule has 1 heterocycles. The topological polar surface area (TPSA) is 32.3 Å². The maximum Gasteiger partial charge on any atom is 0.243 e. The van der Waals surface area contributed by atoms with Gasteiger partial charge in [0, 0.05) is 16.2 Å². The van der Waals surface area contributed by atoms with Gasteiger partial charge in [0.05, 0.1) is 12.2 Å². The molecular weight excluding hydrogens is 340 g/mol. The van der Waals surface area contributed by atoms with Crippen molar-refractivity contribution in [2.75, 3.05) is 16.8 Å². The third-order valence-corrected chi connectivity index (χ3v) is 4.72. The molecule has 1 aliphatic rings. The summed E-state index contributed by atoms with van der Waals surface area (Å²) in [6.45, 7) is 4.56. The van der Waals surface area contributed by atoms with Crippen molar-refractivity contribution in [1.29, 1.82) is 0 Å². The van der Waals surface area contributed by atoms with Crippen LogP contribution in [0.25, 0.3) is 0 Å². The molecule has 1 N–H and O–H groups in total. The fraction of sp³-hybridized carbons (Fsp3) is 0.278. The second-order valence-corrected chi connectivity index (χ2v) is 6.70. The summed E-state index contributed by atoms with van der Waals surface area (Å²) in [5, 5.41) is 2.99. The summed E-state index contributed by atoms with van der Waals surface area (Å²) < 4.78 is 0.913. The molecule has 3 nitrogen and oxygen atoms in total. The van der Waals surface area contributed by atoms with Gasteiger partial charge in [0.25, 0.3) is 0 Å². The summed E-state index contributed by atoms with van der Waals surface area (Å²) in [6, 6.07) is 14.6. The van der Waals surface area contributed by atoms with Crippen molar-refractivity contribution in [2.45, 2.75) is 26.3 Å². The fourth-order valence-corrected chi connectivity index (χ4v) is 3.53. The maximum atomic E-state index is 12.4. The number of fused-ring (bicyclic) bond motifs is 1. The predicted molar refractivity (Wildman–Crippen MR) is 94.5 cm³/mol. The lowest BCUT2D eigenvalue weighted by molar-refractivity contribution is -0.115. The lowest BCUT2D eigenvalue weighted by Gasteiger charge is -2.24. The van der Waals surface area contributed by atoms with E-state index in [1.807, 2.05) is 31.2 Å². The van der Waals surface area contributed by atoms with Crippen LogP contribution in [0.5, 0.6) is 0 Å². The molecule has 0 saturated heterocycles. The van der Waals surface area contributed by atoms with E-state index in [-0.39, 0.29) is 5.91 Å². The van der Waals surface area contributed by atoms with Gasteiger partial charge in [-0.3, -0.25) is 4.79 Å². The van der Waals surface area contributed by atoms with Crippen molar-refractivity contribution in [3.8, 4) is 0 Å². The first kappa shape index (κ1) is 15.1. The van der Waals surface area contributed by atoms with Crippen LogP contribution in [0.15, 0.2) is 46.9 Å². The van der Waals surface area contributed by atoms with Crippen LogP contribution >= 0.6 is 15.9 Å². The summed E-state index contributed by atoms with van der Waals surface area (Å²) in [4.78, 5) is 14.6. The molecule has 0 radical (unpaired) electrons. The average molecular weight is 359 g/mol. The summed E-state index contributed by atoms with van der Waals surface area (Å²) in [6.07, 6.45) is 0.998. The van der Waals surface area contributed by atoms with E-state index in [0.29, 0.717) is 12.6 Å². The van der Waals surface area contributed by atoms with E-state index in [9.17, 15) is 4.79 Å². The van der Waals surface area contributed by atoms with E-state index >= 15 is 0 Å². The molecule has 0 aliphatic carbocycles. The molecule has 3 rings (SSSR count). The number of hydrogen-bond acceptors (Lipinski definition) is 2. The SMILES string of the molecule is Cc1ccc(NC(=O)CN2c3ccccc3CC2C)c(Br)c1. The molecule has 1 amide bonds. The van der Waals surface area contributed by atoms with Gasteiger partial charge in [-0.15, -0.1) is 0 Å². The van der Waals surface area contributed by atoms with Crippen molar-refractivity contribution in [3.63, 3.8) is 0 Å². The quantitative estimate of drug-likeness (QED) is 0.893. The number of anilines is 2. The number of aryl methyl sites for hydroxylation is 1. The second kappa shape index (κ2) is 6.13. The lowest BCUT2D eigenvalue weighted by atomic mass is 10.1. The zero-order valence-corrected chi connectivity index (χ0v) is 14.4. The molecule has 4 heteroatoms. The van der Waals surface area contributed by atoms with Gasteiger partial charge >= 0.3 is 0 Å².